The smallest absolute Gasteiger partial charge is 0.255 e. The van der Waals surface area contributed by atoms with Crippen LogP contribution < -0.4 is 15.4 Å². The first kappa shape index (κ1) is 22.6. The lowest BCUT2D eigenvalue weighted by atomic mass is 9.68. The van der Waals surface area contributed by atoms with E-state index in [2.05, 4.69) is 29.5 Å². The minimum absolute atomic E-state index is 0.00366. The minimum atomic E-state index is -0.593. The monoisotopic (exact) mass is 447 g/mol. The summed E-state index contributed by atoms with van der Waals surface area (Å²) in [6.07, 6.45) is 2.78. The van der Waals surface area contributed by atoms with Gasteiger partial charge in [0, 0.05) is 41.1 Å². The molecule has 3 N–H and O–H groups in total. The maximum Gasteiger partial charge on any atom is 0.255 e. The highest BCUT2D eigenvalue weighted by molar-refractivity contribution is 6.09. The summed E-state index contributed by atoms with van der Waals surface area (Å²) in [5.74, 6) is -0.200. The molecule has 1 atom stereocenters. The zero-order valence-corrected chi connectivity index (χ0v) is 19.6. The molecule has 7 heteroatoms. The van der Waals surface area contributed by atoms with E-state index < -0.39 is 5.92 Å². The minimum Gasteiger partial charge on any atom is -0.504 e. The highest BCUT2D eigenvalue weighted by Gasteiger charge is 2.42. The van der Waals surface area contributed by atoms with Crippen LogP contribution in [0.3, 0.4) is 0 Å². The van der Waals surface area contributed by atoms with E-state index in [0.29, 0.717) is 41.1 Å². The number of rotatable bonds is 4. The van der Waals surface area contributed by atoms with Crippen molar-refractivity contribution in [3.05, 3.63) is 70.2 Å². The summed E-state index contributed by atoms with van der Waals surface area (Å²) in [7, 11) is 1.47. The maximum absolute atomic E-state index is 13.5. The fourth-order valence-electron chi connectivity index (χ4n) is 4.67. The van der Waals surface area contributed by atoms with Crippen molar-refractivity contribution in [3.63, 3.8) is 0 Å². The van der Waals surface area contributed by atoms with Crippen LogP contribution in [0.15, 0.2) is 59.1 Å². The Morgan fingerprint density at radius 3 is 2.64 bits per heavy atom. The normalized spacial score (nSPS) is 19.7. The van der Waals surface area contributed by atoms with Crippen LogP contribution in [0.2, 0.25) is 0 Å². The molecular formula is C26H29N3O4. The first-order chi connectivity index (χ1) is 15.6. The molecule has 4 rings (SSSR count). The number of phenols is 1. The second-order valence-corrected chi connectivity index (χ2v) is 9.54. The summed E-state index contributed by atoms with van der Waals surface area (Å²) in [6, 6.07) is 8.57. The number of nitrogens with one attached hydrogen (secondary N) is 2. The number of hydrogen-bond acceptors (Lipinski definition) is 6. The number of ether oxygens (including phenoxy) is 1. The quantitative estimate of drug-likeness (QED) is 0.644. The van der Waals surface area contributed by atoms with Crippen LogP contribution in [0.1, 0.15) is 50.7 Å². The summed E-state index contributed by atoms with van der Waals surface area (Å²) >= 11 is 0. The molecule has 2 heterocycles. The fraction of sp³-hybridized carbons (Fsp3) is 0.346. The Labute approximate surface area is 193 Å². The molecule has 0 unspecified atom stereocenters. The standard InChI is InChI=1S/C26H29N3O4/c1-14-6-9-21(27-13-14)29-25(32)22-15(2)28-17-11-26(3,4)12-19(31)24(17)23(22)16-7-8-18(30)20(10-16)33-5/h6-10,13,23,28,30H,11-12H2,1-5H3,(H,27,29,32)/t23-/m1/s1. The SMILES string of the molecule is COc1cc([C@@H]2C(C(=O)Nc3ccc(C)cn3)=C(C)NC3=C2C(=O)CC(C)(C)C3)ccc1O. The maximum atomic E-state index is 13.5. The third-order valence-electron chi connectivity index (χ3n) is 6.17. The number of ketones is 1. The zero-order valence-electron chi connectivity index (χ0n) is 19.6. The lowest BCUT2D eigenvalue weighted by Gasteiger charge is -2.39. The molecule has 0 saturated heterocycles. The van der Waals surface area contributed by atoms with Gasteiger partial charge >= 0.3 is 0 Å². The van der Waals surface area contributed by atoms with Crippen LogP contribution in [0, 0.1) is 12.3 Å². The molecule has 1 aliphatic heterocycles. The number of nitrogens with zero attached hydrogens (tertiary/aromatic N) is 1. The number of phenolic OH excluding ortho intramolecular Hbond substituents is 1. The number of pyridine rings is 1. The van der Waals surface area contributed by atoms with Crippen LogP contribution in [0.4, 0.5) is 5.82 Å². The Balaban J connectivity index is 1.83. The van der Waals surface area contributed by atoms with E-state index in [-0.39, 0.29) is 28.6 Å². The van der Waals surface area contributed by atoms with Crippen LogP contribution in [0.5, 0.6) is 11.5 Å². The number of aryl methyl sites for hydroxylation is 1. The summed E-state index contributed by atoms with van der Waals surface area (Å²) in [4.78, 5) is 31.2. The van der Waals surface area contributed by atoms with E-state index in [4.69, 9.17) is 4.74 Å². The number of benzene rings is 1. The molecule has 2 aromatic rings. The van der Waals surface area contributed by atoms with E-state index in [0.717, 1.165) is 11.3 Å². The predicted molar refractivity (Wildman–Crippen MR) is 126 cm³/mol. The van der Waals surface area contributed by atoms with Gasteiger partial charge in [-0.3, -0.25) is 9.59 Å². The molecule has 0 fully saturated rings. The Kier molecular flexibility index (Phi) is 5.74. The van der Waals surface area contributed by atoms with E-state index in [1.54, 1.807) is 24.4 Å². The Morgan fingerprint density at radius 1 is 1.21 bits per heavy atom. The molecule has 33 heavy (non-hydrogen) atoms. The van der Waals surface area contributed by atoms with E-state index in [1.807, 2.05) is 19.9 Å². The second-order valence-electron chi connectivity index (χ2n) is 9.54. The number of hydrogen-bond donors (Lipinski definition) is 3. The Bertz CT molecular complexity index is 1190. The van der Waals surface area contributed by atoms with Gasteiger partial charge in [-0.15, -0.1) is 0 Å². The topological polar surface area (TPSA) is 101 Å². The van der Waals surface area contributed by atoms with Crippen molar-refractivity contribution in [2.45, 2.75) is 46.5 Å². The van der Waals surface area contributed by atoms with Gasteiger partial charge in [-0.05, 0) is 55.0 Å². The number of aromatic nitrogens is 1. The largest absolute Gasteiger partial charge is 0.504 e. The van der Waals surface area contributed by atoms with Gasteiger partial charge in [0.15, 0.2) is 17.3 Å². The van der Waals surface area contributed by atoms with Gasteiger partial charge in [0.05, 0.1) is 7.11 Å². The van der Waals surface area contributed by atoms with Gasteiger partial charge in [0.25, 0.3) is 5.91 Å². The number of dihydropyridines is 1. The van der Waals surface area contributed by atoms with Gasteiger partial charge in [-0.25, -0.2) is 4.98 Å². The number of anilines is 1. The predicted octanol–water partition coefficient (Wildman–Crippen LogP) is 4.35. The molecule has 0 radical (unpaired) electrons. The van der Waals surface area contributed by atoms with Crippen LogP contribution in [0.25, 0.3) is 0 Å². The number of amides is 1. The van der Waals surface area contributed by atoms with Crippen LogP contribution in [-0.2, 0) is 9.59 Å². The van der Waals surface area contributed by atoms with Gasteiger partial charge in [0.1, 0.15) is 5.82 Å². The summed E-state index contributed by atoms with van der Waals surface area (Å²) in [5.41, 5.74) is 4.07. The third-order valence-corrected chi connectivity index (χ3v) is 6.17. The van der Waals surface area contributed by atoms with Crippen molar-refractivity contribution in [1.29, 1.82) is 0 Å². The number of carbonyl (C=O) groups excluding carboxylic acids is 2. The summed E-state index contributed by atoms with van der Waals surface area (Å²) in [6.45, 7) is 7.91. The average molecular weight is 448 g/mol. The van der Waals surface area contributed by atoms with Crippen molar-refractivity contribution in [2.75, 3.05) is 12.4 Å². The van der Waals surface area contributed by atoms with Crippen molar-refractivity contribution < 1.29 is 19.4 Å². The first-order valence-corrected chi connectivity index (χ1v) is 10.9. The molecule has 0 bridgehead atoms. The van der Waals surface area contributed by atoms with Crippen molar-refractivity contribution in [2.24, 2.45) is 5.41 Å². The molecule has 0 saturated carbocycles. The molecule has 0 spiro atoms. The third kappa shape index (κ3) is 4.35. The highest BCUT2D eigenvalue weighted by Crippen LogP contribution is 2.47. The van der Waals surface area contributed by atoms with Crippen LogP contribution in [-0.4, -0.2) is 28.9 Å². The average Bonchev–Trinajstić information content (AvgIpc) is 2.73. The van der Waals surface area contributed by atoms with Crippen LogP contribution >= 0.6 is 0 Å². The second kappa shape index (κ2) is 8.39. The highest BCUT2D eigenvalue weighted by atomic mass is 16.5. The van der Waals surface area contributed by atoms with Gasteiger partial charge in [-0.1, -0.05) is 26.0 Å². The number of carbonyl (C=O) groups is 2. The lowest BCUT2D eigenvalue weighted by Crippen LogP contribution is -2.39. The number of methoxy groups -OCH3 is 1. The van der Waals surface area contributed by atoms with Gasteiger partial charge in [0.2, 0.25) is 0 Å². The van der Waals surface area contributed by atoms with Crippen molar-refractivity contribution in [3.8, 4) is 11.5 Å². The molecule has 1 aromatic heterocycles. The zero-order chi connectivity index (χ0) is 23.9. The Hall–Kier alpha value is -3.61. The number of Topliss-reactive ketones (excluding diaryl/α,β-unsaturated/α-hetero) is 1. The summed E-state index contributed by atoms with van der Waals surface area (Å²) < 4.78 is 5.31. The molecule has 1 aliphatic carbocycles. The van der Waals surface area contributed by atoms with Gasteiger partial charge < -0.3 is 20.5 Å². The molecule has 7 nitrogen and oxygen atoms in total. The van der Waals surface area contributed by atoms with Crippen molar-refractivity contribution in [1.82, 2.24) is 10.3 Å². The van der Waals surface area contributed by atoms with E-state index in [1.165, 1.54) is 13.2 Å². The molecule has 1 aromatic carbocycles. The lowest BCUT2D eigenvalue weighted by molar-refractivity contribution is -0.118. The molecule has 1 amide bonds. The first-order valence-electron chi connectivity index (χ1n) is 10.9. The summed E-state index contributed by atoms with van der Waals surface area (Å²) in [5, 5.41) is 16.3. The number of aromatic hydroxyl groups is 1. The molecular weight excluding hydrogens is 418 g/mol. The number of allylic oxidation sites excluding steroid dienone is 3. The fourth-order valence-corrected chi connectivity index (χ4v) is 4.67. The molecule has 172 valence electrons. The van der Waals surface area contributed by atoms with E-state index in [9.17, 15) is 14.7 Å². The van der Waals surface area contributed by atoms with E-state index >= 15 is 0 Å². The molecule has 2 aliphatic rings. The van der Waals surface area contributed by atoms with Crippen molar-refractivity contribution >= 4 is 17.5 Å². The Morgan fingerprint density at radius 2 is 1.97 bits per heavy atom. The van der Waals surface area contributed by atoms with Gasteiger partial charge in [-0.2, -0.15) is 0 Å².